The fourth-order valence-electron chi connectivity index (χ4n) is 1.77. The van der Waals surface area contributed by atoms with Gasteiger partial charge in [-0.1, -0.05) is 20.8 Å². The average Bonchev–Trinajstić information content (AvgIpc) is 2.59. The zero-order valence-corrected chi connectivity index (χ0v) is 9.47. The van der Waals surface area contributed by atoms with Gasteiger partial charge in [-0.05, 0) is 18.3 Å². The molecule has 0 atom stereocenters. The summed E-state index contributed by atoms with van der Waals surface area (Å²) in [5.41, 5.74) is 1.72. The summed E-state index contributed by atoms with van der Waals surface area (Å²) in [6, 6.07) is 0. The molecule has 0 amide bonds. The van der Waals surface area contributed by atoms with Gasteiger partial charge >= 0.3 is 0 Å². The highest BCUT2D eigenvalue weighted by Crippen LogP contribution is 2.33. The first-order valence-electron chi connectivity index (χ1n) is 5.16. The van der Waals surface area contributed by atoms with Crippen molar-refractivity contribution in [3.05, 3.63) is 17.5 Å². The van der Waals surface area contributed by atoms with E-state index in [-0.39, 0.29) is 5.41 Å². The van der Waals surface area contributed by atoms with Crippen LogP contribution < -0.4 is 0 Å². The molecule has 3 heteroatoms. The predicted octanol–water partition coefficient (Wildman–Crippen LogP) is 2.97. The Hall–Kier alpha value is -0.860. The number of halogens is 1. The van der Waals surface area contributed by atoms with Gasteiger partial charge in [-0.2, -0.15) is 5.10 Å². The van der Waals surface area contributed by atoms with Crippen LogP contribution in [0.1, 0.15) is 44.9 Å². The molecule has 0 saturated heterocycles. The number of aryl methyl sites for hydroxylation is 1. The van der Waals surface area contributed by atoms with Crippen molar-refractivity contribution in [3.63, 3.8) is 0 Å². The summed E-state index contributed by atoms with van der Waals surface area (Å²) in [4.78, 5) is 0. The van der Waals surface area contributed by atoms with Gasteiger partial charge in [0, 0.05) is 18.8 Å². The zero-order chi connectivity index (χ0) is 10.8. The lowest BCUT2D eigenvalue weighted by molar-refractivity contribution is 0.416. The molecule has 0 saturated carbocycles. The van der Waals surface area contributed by atoms with E-state index < -0.39 is 6.67 Å². The lowest BCUT2D eigenvalue weighted by Crippen LogP contribution is -2.20. The van der Waals surface area contributed by atoms with Crippen LogP contribution in [-0.4, -0.2) is 9.78 Å². The van der Waals surface area contributed by atoms with Crippen LogP contribution in [0.25, 0.3) is 0 Å². The van der Waals surface area contributed by atoms with E-state index in [4.69, 9.17) is 0 Å². The Balaban J connectivity index is 3.15. The second-order valence-corrected chi connectivity index (χ2v) is 4.06. The largest absolute Gasteiger partial charge is 0.275 e. The second kappa shape index (κ2) is 4.11. The van der Waals surface area contributed by atoms with E-state index in [2.05, 4.69) is 25.9 Å². The van der Waals surface area contributed by atoms with Crippen LogP contribution in [0.2, 0.25) is 0 Å². The highest BCUT2D eigenvalue weighted by atomic mass is 19.1. The van der Waals surface area contributed by atoms with E-state index in [0.29, 0.717) is 5.69 Å². The molecule has 0 radical (unpaired) electrons. The van der Waals surface area contributed by atoms with E-state index in [1.54, 1.807) is 4.68 Å². The highest BCUT2D eigenvalue weighted by molar-refractivity contribution is 5.26. The zero-order valence-electron chi connectivity index (χ0n) is 9.47. The number of hydrogen-bond acceptors (Lipinski definition) is 1. The molecule has 14 heavy (non-hydrogen) atoms. The number of alkyl halides is 1. The van der Waals surface area contributed by atoms with Gasteiger partial charge in [0.15, 0.2) is 0 Å². The molecule has 1 aromatic heterocycles. The molecular weight excluding hydrogens is 179 g/mol. The van der Waals surface area contributed by atoms with E-state index in [1.807, 2.05) is 13.2 Å². The molecule has 1 rings (SSSR count). The van der Waals surface area contributed by atoms with Crippen LogP contribution >= 0.6 is 0 Å². The van der Waals surface area contributed by atoms with Gasteiger partial charge in [0.1, 0.15) is 6.67 Å². The fourth-order valence-corrected chi connectivity index (χ4v) is 1.77. The third-order valence-electron chi connectivity index (χ3n) is 3.24. The molecule has 0 fully saturated rings. The number of hydrogen-bond donors (Lipinski definition) is 0. The van der Waals surface area contributed by atoms with Crippen molar-refractivity contribution in [3.8, 4) is 0 Å². The molecule has 80 valence electrons. The lowest BCUT2D eigenvalue weighted by Gasteiger charge is -2.26. The van der Waals surface area contributed by atoms with Crippen LogP contribution in [0.5, 0.6) is 0 Å². The predicted molar refractivity (Wildman–Crippen MR) is 56.0 cm³/mol. The second-order valence-electron chi connectivity index (χ2n) is 4.06. The van der Waals surface area contributed by atoms with E-state index in [1.165, 1.54) is 0 Å². The van der Waals surface area contributed by atoms with E-state index in [9.17, 15) is 4.39 Å². The van der Waals surface area contributed by atoms with Crippen LogP contribution in [0.3, 0.4) is 0 Å². The van der Waals surface area contributed by atoms with Gasteiger partial charge in [-0.25, -0.2) is 4.39 Å². The number of rotatable bonds is 4. The molecular formula is C11H19FN2. The summed E-state index contributed by atoms with van der Waals surface area (Å²) in [5, 5.41) is 4.13. The Morgan fingerprint density at radius 1 is 1.43 bits per heavy atom. The third kappa shape index (κ3) is 1.81. The summed E-state index contributed by atoms with van der Waals surface area (Å²) in [6.07, 6.45) is 3.98. The summed E-state index contributed by atoms with van der Waals surface area (Å²) in [5.74, 6) is 0. The highest BCUT2D eigenvalue weighted by Gasteiger charge is 2.27. The van der Waals surface area contributed by atoms with Crippen molar-refractivity contribution in [2.24, 2.45) is 7.05 Å². The van der Waals surface area contributed by atoms with Crippen LogP contribution in [0.4, 0.5) is 4.39 Å². The smallest absolute Gasteiger partial charge is 0.134 e. The normalized spacial score (nSPS) is 12.1. The molecule has 0 unspecified atom stereocenters. The van der Waals surface area contributed by atoms with E-state index in [0.717, 1.165) is 18.4 Å². The van der Waals surface area contributed by atoms with Gasteiger partial charge in [0.05, 0.1) is 5.69 Å². The SMILES string of the molecule is CCC(C)(CC)c1cn(C)nc1CF. The van der Waals surface area contributed by atoms with Crippen LogP contribution in [0.15, 0.2) is 6.20 Å². The Labute approximate surface area is 85.1 Å². The summed E-state index contributed by atoms with van der Waals surface area (Å²) in [7, 11) is 1.84. The van der Waals surface area contributed by atoms with Gasteiger partial charge in [-0.3, -0.25) is 4.68 Å². The molecule has 2 nitrogen and oxygen atoms in total. The molecule has 1 heterocycles. The first-order chi connectivity index (χ1) is 6.57. The van der Waals surface area contributed by atoms with Gasteiger partial charge in [-0.15, -0.1) is 0 Å². The average molecular weight is 198 g/mol. The van der Waals surface area contributed by atoms with Crippen molar-refractivity contribution < 1.29 is 4.39 Å². The van der Waals surface area contributed by atoms with Crippen LogP contribution in [0, 0.1) is 0 Å². The van der Waals surface area contributed by atoms with Gasteiger partial charge in [0.2, 0.25) is 0 Å². The molecule has 0 aliphatic heterocycles. The first kappa shape index (κ1) is 11.2. The van der Waals surface area contributed by atoms with Crippen molar-refractivity contribution in [2.75, 3.05) is 0 Å². The fraction of sp³-hybridized carbons (Fsp3) is 0.727. The molecule has 0 spiro atoms. The molecule has 0 aliphatic rings. The Kier molecular flexibility index (Phi) is 3.29. The Morgan fingerprint density at radius 2 is 2.00 bits per heavy atom. The summed E-state index contributed by atoms with van der Waals surface area (Å²) < 4.78 is 14.4. The van der Waals surface area contributed by atoms with Crippen molar-refractivity contribution in [1.29, 1.82) is 0 Å². The molecule has 0 bridgehead atoms. The van der Waals surface area contributed by atoms with Crippen molar-refractivity contribution in [2.45, 2.75) is 45.7 Å². The minimum absolute atomic E-state index is 0.0652. The quantitative estimate of drug-likeness (QED) is 0.727. The Bertz CT molecular complexity index is 300. The monoisotopic (exact) mass is 198 g/mol. The Morgan fingerprint density at radius 3 is 2.43 bits per heavy atom. The topological polar surface area (TPSA) is 17.8 Å². The van der Waals surface area contributed by atoms with Crippen LogP contribution in [-0.2, 0) is 19.1 Å². The molecule has 0 N–H and O–H groups in total. The lowest BCUT2D eigenvalue weighted by atomic mass is 9.78. The maximum atomic E-state index is 12.7. The summed E-state index contributed by atoms with van der Waals surface area (Å²) in [6.45, 7) is 5.98. The molecule has 0 aromatic carbocycles. The number of aromatic nitrogens is 2. The van der Waals surface area contributed by atoms with Crippen molar-refractivity contribution in [1.82, 2.24) is 9.78 Å². The van der Waals surface area contributed by atoms with Gasteiger partial charge in [0.25, 0.3) is 0 Å². The minimum atomic E-state index is -0.467. The maximum Gasteiger partial charge on any atom is 0.134 e. The number of nitrogens with zero attached hydrogens (tertiary/aromatic N) is 2. The first-order valence-corrected chi connectivity index (χ1v) is 5.16. The standard InChI is InChI=1S/C11H19FN2/c1-5-11(3,6-2)9-8-14(4)13-10(9)7-12/h8H,5-7H2,1-4H3. The van der Waals surface area contributed by atoms with Gasteiger partial charge < -0.3 is 0 Å². The maximum absolute atomic E-state index is 12.7. The van der Waals surface area contributed by atoms with Crippen molar-refractivity contribution >= 4 is 0 Å². The summed E-state index contributed by atoms with van der Waals surface area (Å²) >= 11 is 0. The third-order valence-corrected chi connectivity index (χ3v) is 3.24. The molecule has 0 aliphatic carbocycles. The molecule has 1 aromatic rings. The van der Waals surface area contributed by atoms with E-state index >= 15 is 0 Å². The minimum Gasteiger partial charge on any atom is -0.275 e.